The van der Waals surface area contributed by atoms with Crippen molar-refractivity contribution >= 4 is 5.78 Å². The molecule has 0 spiro atoms. The molecule has 1 aromatic heterocycles. The average molecular weight is 153 g/mol. The van der Waals surface area contributed by atoms with Gasteiger partial charge >= 0.3 is 0 Å². The van der Waals surface area contributed by atoms with Gasteiger partial charge in [0.25, 0.3) is 0 Å². The Morgan fingerprint density at radius 2 is 2.55 bits per heavy atom. The molecule has 0 radical (unpaired) electrons. The fourth-order valence-corrected chi connectivity index (χ4v) is 0.811. The number of aromatic nitrogens is 1. The van der Waals surface area contributed by atoms with Crippen LogP contribution in [0.4, 0.5) is 0 Å². The minimum absolute atomic E-state index is 0.284. The Kier molecular flexibility index (Phi) is 2.83. The van der Waals surface area contributed by atoms with Crippen LogP contribution in [-0.2, 0) is 11.2 Å². The topological polar surface area (TPSA) is 43.1 Å². The molecule has 1 rings (SSSR count). The number of hydrogen-bond acceptors (Lipinski definition) is 3. The molecule has 3 nitrogen and oxygen atoms in total. The van der Waals surface area contributed by atoms with Gasteiger partial charge in [-0.2, -0.15) is 0 Å². The smallest absolute Gasteiger partial charge is 0.132 e. The number of rotatable bonds is 4. The van der Waals surface area contributed by atoms with Crippen LogP contribution in [-0.4, -0.2) is 10.9 Å². The van der Waals surface area contributed by atoms with Crippen molar-refractivity contribution in [3.63, 3.8) is 0 Å². The van der Waals surface area contributed by atoms with Crippen LogP contribution in [0.15, 0.2) is 17.0 Å². The molecule has 0 fully saturated rings. The molecule has 0 aliphatic carbocycles. The first-order valence-corrected chi connectivity index (χ1v) is 3.73. The first kappa shape index (κ1) is 7.98. The number of aryl methyl sites for hydroxylation is 1. The molecule has 0 unspecified atom stereocenters. The van der Waals surface area contributed by atoms with Crippen LogP contribution in [0.3, 0.4) is 0 Å². The van der Waals surface area contributed by atoms with Crippen LogP contribution in [0.2, 0.25) is 0 Å². The Balaban J connectivity index is 2.29. The van der Waals surface area contributed by atoms with Gasteiger partial charge in [0.05, 0.1) is 6.20 Å². The highest BCUT2D eigenvalue weighted by molar-refractivity contribution is 5.78. The summed E-state index contributed by atoms with van der Waals surface area (Å²) in [5, 5.41) is 3.54. The van der Waals surface area contributed by atoms with Gasteiger partial charge in [-0.15, -0.1) is 0 Å². The van der Waals surface area contributed by atoms with Gasteiger partial charge in [-0.25, -0.2) is 0 Å². The number of ketones is 1. The third-order valence-corrected chi connectivity index (χ3v) is 1.57. The normalized spacial score (nSPS) is 9.91. The molecule has 11 heavy (non-hydrogen) atoms. The monoisotopic (exact) mass is 153 g/mol. The average Bonchev–Trinajstić information content (AvgIpc) is 2.52. The lowest BCUT2D eigenvalue weighted by Gasteiger charge is -1.92. The van der Waals surface area contributed by atoms with Crippen molar-refractivity contribution in [2.75, 3.05) is 0 Å². The van der Waals surface area contributed by atoms with Gasteiger partial charge in [0.1, 0.15) is 12.0 Å². The van der Waals surface area contributed by atoms with Crippen LogP contribution in [0, 0.1) is 0 Å². The zero-order valence-corrected chi connectivity index (χ0v) is 6.54. The third-order valence-electron chi connectivity index (χ3n) is 1.57. The molecule has 0 N–H and O–H groups in total. The second-order valence-electron chi connectivity index (χ2n) is 2.42. The molecule has 3 heteroatoms. The Bertz CT molecular complexity index is 216. The highest BCUT2D eigenvalue weighted by Crippen LogP contribution is 2.02. The molecule has 60 valence electrons. The third kappa shape index (κ3) is 2.53. The lowest BCUT2D eigenvalue weighted by Crippen LogP contribution is -1.96. The first-order valence-electron chi connectivity index (χ1n) is 3.73. The molecule has 0 saturated carbocycles. The standard InChI is InChI=1S/C8H11NO2/c1-2-8(10)4-3-7-5-9-11-6-7/h5-6H,2-4H2,1H3. The van der Waals surface area contributed by atoms with Gasteiger partial charge in [-0.05, 0) is 6.42 Å². The van der Waals surface area contributed by atoms with E-state index in [1.807, 2.05) is 6.92 Å². The van der Waals surface area contributed by atoms with E-state index >= 15 is 0 Å². The van der Waals surface area contributed by atoms with Crippen molar-refractivity contribution in [1.82, 2.24) is 5.16 Å². The van der Waals surface area contributed by atoms with E-state index < -0.39 is 0 Å². The van der Waals surface area contributed by atoms with Crippen molar-refractivity contribution in [2.24, 2.45) is 0 Å². The molecular formula is C8H11NO2. The van der Waals surface area contributed by atoms with Crippen molar-refractivity contribution < 1.29 is 9.32 Å². The van der Waals surface area contributed by atoms with Gasteiger partial charge < -0.3 is 4.52 Å². The maximum absolute atomic E-state index is 10.9. The van der Waals surface area contributed by atoms with E-state index in [2.05, 4.69) is 9.68 Å². The molecule has 0 aliphatic heterocycles. The number of Topliss-reactive ketones (excluding diaryl/α,β-unsaturated/α-hetero) is 1. The maximum Gasteiger partial charge on any atom is 0.132 e. The summed E-state index contributed by atoms with van der Waals surface area (Å²) in [5.74, 6) is 0.284. The fourth-order valence-electron chi connectivity index (χ4n) is 0.811. The first-order chi connectivity index (χ1) is 5.33. The molecule has 1 aromatic rings. The van der Waals surface area contributed by atoms with Crippen molar-refractivity contribution in [1.29, 1.82) is 0 Å². The van der Waals surface area contributed by atoms with Crippen LogP contribution >= 0.6 is 0 Å². The molecule has 0 amide bonds. The molecule has 1 heterocycles. The molecule has 0 aromatic carbocycles. The second kappa shape index (κ2) is 3.91. The van der Waals surface area contributed by atoms with E-state index in [-0.39, 0.29) is 5.78 Å². The van der Waals surface area contributed by atoms with E-state index in [0.29, 0.717) is 12.8 Å². The van der Waals surface area contributed by atoms with Crippen LogP contribution < -0.4 is 0 Å². The summed E-state index contributed by atoms with van der Waals surface area (Å²) in [7, 11) is 0. The molecule has 0 bridgehead atoms. The number of carbonyl (C=O) groups is 1. The summed E-state index contributed by atoms with van der Waals surface area (Å²) >= 11 is 0. The summed E-state index contributed by atoms with van der Waals surface area (Å²) in [6.45, 7) is 1.87. The van der Waals surface area contributed by atoms with E-state index in [0.717, 1.165) is 12.0 Å². The predicted octanol–water partition coefficient (Wildman–Crippen LogP) is 1.59. The van der Waals surface area contributed by atoms with Gasteiger partial charge in [-0.1, -0.05) is 12.1 Å². The quantitative estimate of drug-likeness (QED) is 0.659. The summed E-state index contributed by atoms with van der Waals surface area (Å²) in [4.78, 5) is 10.9. The maximum atomic E-state index is 10.9. The van der Waals surface area contributed by atoms with Crippen LogP contribution in [0.5, 0.6) is 0 Å². The SMILES string of the molecule is CCC(=O)CCc1cnoc1. The Labute approximate surface area is 65.4 Å². The Morgan fingerprint density at radius 1 is 1.73 bits per heavy atom. The molecular weight excluding hydrogens is 142 g/mol. The van der Waals surface area contributed by atoms with Gasteiger partial charge in [-0.3, -0.25) is 4.79 Å². The van der Waals surface area contributed by atoms with Gasteiger partial charge in [0, 0.05) is 18.4 Å². The highest BCUT2D eigenvalue weighted by Gasteiger charge is 2.00. The fraction of sp³-hybridized carbons (Fsp3) is 0.500. The molecule has 0 saturated heterocycles. The summed E-state index contributed by atoms with van der Waals surface area (Å²) in [6, 6.07) is 0. The number of carbonyl (C=O) groups excluding carboxylic acids is 1. The number of hydrogen-bond donors (Lipinski definition) is 0. The molecule has 0 aliphatic rings. The summed E-state index contributed by atoms with van der Waals surface area (Å²) < 4.78 is 4.62. The lowest BCUT2D eigenvalue weighted by molar-refractivity contribution is -0.118. The van der Waals surface area contributed by atoms with Gasteiger partial charge in [0.2, 0.25) is 0 Å². The molecule has 0 atom stereocenters. The predicted molar refractivity (Wildman–Crippen MR) is 40.1 cm³/mol. The largest absolute Gasteiger partial charge is 0.364 e. The second-order valence-corrected chi connectivity index (χ2v) is 2.42. The van der Waals surface area contributed by atoms with E-state index in [1.54, 1.807) is 12.5 Å². The van der Waals surface area contributed by atoms with Crippen LogP contribution in [0.1, 0.15) is 25.3 Å². The van der Waals surface area contributed by atoms with Crippen molar-refractivity contribution in [3.8, 4) is 0 Å². The number of nitrogens with zero attached hydrogens (tertiary/aromatic N) is 1. The van der Waals surface area contributed by atoms with E-state index in [4.69, 9.17) is 0 Å². The Morgan fingerprint density at radius 3 is 3.09 bits per heavy atom. The van der Waals surface area contributed by atoms with Crippen molar-refractivity contribution in [3.05, 3.63) is 18.0 Å². The zero-order valence-electron chi connectivity index (χ0n) is 6.54. The van der Waals surface area contributed by atoms with Crippen molar-refractivity contribution in [2.45, 2.75) is 26.2 Å². The summed E-state index contributed by atoms with van der Waals surface area (Å²) in [6.07, 6.45) is 5.17. The zero-order chi connectivity index (χ0) is 8.10. The van der Waals surface area contributed by atoms with E-state index in [9.17, 15) is 4.79 Å². The minimum atomic E-state index is 0.284. The van der Waals surface area contributed by atoms with E-state index in [1.165, 1.54) is 0 Å². The van der Waals surface area contributed by atoms with Gasteiger partial charge in [0.15, 0.2) is 0 Å². The van der Waals surface area contributed by atoms with Crippen LogP contribution in [0.25, 0.3) is 0 Å². The lowest BCUT2D eigenvalue weighted by atomic mass is 10.1. The minimum Gasteiger partial charge on any atom is -0.364 e. The highest BCUT2D eigenvalue weighted by atomic mass is 16.5. The Hall–Kier alpha value is -1.12. The summed E-state index contributed by atoms with van der Waals surface area (Å²) in [5.41, 5.74) is 0.992.